The Balaban J connectivity index is 1.93. The molecule has 0 unspecified atom stereocenters. The van der Waals surface area contributed by atoms with Crippen molar-refractivity contribution in [3.63, 3.8) is 0 Å². The van der Waals surface area contributed by atoms with Gasteiger partial charge >= 0.3 is 0 Å². The Kier molecular flexibility index (Phi) is 4.27. The quantitative estimate of drug-likeness (QED) is 0.880. The molecular weight excluding hydrogens is 278 g/mol. The zero-order chi connectivity index (χ0) is 14.8. The first-order valence-electron chi connectivity index (χ1n) is 7.71. The van der Waals surface area contributed by atoms with E-state index >= 15 is 0 Å². The van der Waals surface area contributed by atoms with Crippen molar-refractivity contribution in [3.05, 3.63) is 35.2 Å². The molecule has 3 rings (SSSR count). The van der Waals surface area contributed by atoms with E-state index in [2.05, 4.69) is 43.0 Å². The lowest BCUT2D eigenvalue weighted by Gasteiger charge is -2.26. The van der Waals surface area contributed by atoms with E-state index in [0.29, 0.717) is 12.6 Å². The summed E-state index contributed by atoms with van der Waals surface area (Å²) in [5.41, 5.74) is 8.16. The standard InChI is InChI=1S/C17H23N3S/c1-12(2)20(11-13-8-9-13)17-19-16(15(10-18)21-17)14-6-4-3-5-7-14/h3-7,12-13H,8-11,18H2,1-2H3. The number of nitrogens with zero attached hydrogens (tertiary/aromatic N) is 2. The largest absolute Gasteiger partial charge is 0.345 e. The van der Waals surface area contributed by atoms with E-state index in [1.807, 2.05) is 6.07 Å². The van der Waals surface area contributed by atoms with Crippen molar-refractivity contribution >= 4 is 16.5 Å². The number of hydrogen-bond acceptors (Lipinski definition) is 4. The smallest absolute Gasteiger partial charge is 0.186 e. The van der Waals surface area contributed by atoms with Crippen LogP contribution < -0.4 is 10.6 Å². The fourth-order valence-corrected chi connectivity index (χ4v) is 3.61. The molecule has 1 aromatic carbocycles. The number of benzene rings is 1. The van der Waals surface area contributed by atoms with E-state index in [0.717, 1.165) is 28.9 Å². The molecule has 2 aromatic rings. The monoisotopic (exact) mass is 301 g/mol. The third-order valence-electron chi connectivity index (χ3n) is 3.94. The van der Waals surface area contributed by atoms with Crippen molar-refractivity contribution in [2.75, 3.05) is 11.4 Å². The molecule has 1 aliphatic rings. The van der Waals surface area contributed by atoms with Crippen LogP contribution >= 0.6 is 11.3 Å². The molecule has 112 valence electrons. The second-order valence-corrected chi connectivity index (χ2v) is 7.09. The zero-order valence-electron chi connectivity index (χ0n) is 12.7. The Hall–Kier alpha value is -1.39. The predicted octanol–water partition coefficient (Wildman–Crippen LogP) is 3.89. The molecule has 1 aliphatic carbocycles. The van der Waals surface area contributed by atoms with Gasteiger partial charge in [-0.3, -0.25) is 0 Å². The van der Waals surface area contributed by atoms with Crippen LogP contribution in [-0.4, -0.2) is 17.6 Å². The van der Waals surface area contributed by atoms with Gasteiger partial charge in [-0.25, -0.2) is 4.98 Å². The Morgan fingerprint density at radius 3 is 2.57 bits per heavy atom. The molecule has 0 bridgehead atoms. The number of rotatable bonds is 6. The maximum atomic E-state index is 5.94. The van der Waals surface area contributed by atoms with Gasteiger partial charge in [0, 0.05) is 29.6 Å². The van der Waals surface area contributed by atoms with Gasteiger partial charge in [-0.1, -0.05) is 41.7 Å². The minimum atomic E-state index is 0.478. The summed E-state index contributed by atoms with van der Waals surface area (Å²) in [6.07, 6.45) is 2.73. The topological polar surface area (TPSA) is 42.2 Å². The van der Waals surface area contributed by atoms with Crippen LogP contribution in [0.25, 0.3) is 11.3 Å². The molecule has 1 fully saturated rings. The average Bonchev–Trinajstić information content (AvgIpc) is 3.22. The average molecular weight is 301 g/mol. The molecule has 0 spiro atoms. The Morgan fingerprint density at radius 1 is 1.29 bits per heavy atom. The Bertz CT molecular complexity index is 587. The first-order valence-corrected chi connectivity index (χ1v) is 8.52. The highest BCUT2D eigenvalue weighted by molar-refractivity contribution is 7.16. The summed E-state index contributed by atoms with van der Waals surface area (Å²) in [5, 5.41) is 1.12. The van der Waals surface area contributed by atoms with Crippen molar-refractivity contribution in [2.24, 2.45) is 11.7 Å². The van der Waals surface area contributed by atoms with E-state index in [-0.39, 0.29) is 0 Å². The first-order chi connectivity index (χ1) is 10.2. The Morgan fingerprint density at radius 2 is 2.00 bits per heavy atom. The van der Waals surface area contributed by atoms with Gasteiger partial charge in [0.1, 0.15) is 0 Å². The maximum Gasteiger partial charge on any atom is 0.186 e. The summed E-state index contributed by atoms with van der Waals surface area (Å²) in [6, 6.07) is 10.8. The van der Waals surface area contributed by atoms with Gasteiger partial charge in [0.2, 0.25) is 0 Å². The predicted molar refractivity (Wildman–Crippen MR) is 90.6 cm³/mol. The summed E-state index contributed by atoms with van der Waals surface area (Å²) < 4.78 is 0. The highest BCUT2D eigenvalue weighted by Crippen LogP contribution is 2.37. The van der Waals surface area contributed by atoms with Gasteiger partial charge in [-0.05, 0) is 32.6 Å². The molecule has 21 heavy (non-hydrogen) atoms. The van der Waals surface area contributed by atoms with E-state index in [1.165, 1.54) is 17.7 Å². The summed E-state index contributed by atoms with van der Waals surface area (Å²) in [5.74, 6) is 0.859. The SMILES string of the molecule is CC(C)N(CC1CC1)c1nc(-c2ccccc2)c(CN)s1. The second-order valence-electron chi connectivity index (χ2n) is 6.03. The molecule has 1 aromatic heterocycles. The van der Waals surface area contributed by atoms with Crippen molar-refractivity contribution in [1.82, 2.24) is 4.98 Å². The molecule has 0 aliphatic heterocycles. The molecule has 4 heteroatoms. The van der Waals surface area contributed by atoms with Gasteiger partial charge < -0.3 is 10.6 Å². The lowest BCUT2D eigenvalue weighted by atomic mass is 10.1. The molecule has 0 amide bonds. The minimum Gasteiger partial charge on any atom is -0.345 e. The fraction of sp³-hybridized carbons (Fsp3) is 0.471. The van der Waals surface area contributed by atoms with Crippen molar-refractivity contribution in [3.8, 4) is 11.3 Å². The molecule has 0 saturated heterocycles. The van der Waals surface area contributed by atoms with Crippen LogP contribution in [0.1, 0.15) is 31.6 Å². The summed E-state index contributed by atoms with van der Waals surface area (Å²) in [6.45, 7) is 6.17. The van der Waals surface area contributed by atoms with Crippen LogP contribution in [0.4, 0.5) is 5.13 Å². The van der Waals surface area contributed by atoms with Gasteiger partial charge in [-0.15, -0.1) is 0 Å². The van der Waals surface area contributed by atoms with E-state index in [4.69, 9.17) is 10.7 Å². The number of aromatic nitrogens is 1. The minimum absolute atomic E-state index is 0.478. The van der Waals surface area contributed by atoms with E-state index < -0.39 is 0 Å². The molecule has 1 saturated carbocycles. The summed E-state index contributed by atoms with van der Waals surface area (Å²) >= 11 is 1.75. The molecule has 0 atom stereocenters. The van der Waals surface area contributed by atoms with Gasteiger partial charge in [-0.2, -0.15) is 0 Å². The highest BCUT2D eigenvalue weighted by Gasteiger charge is 2.27. The van der Waals surface area contributed by atoms with E-state index in [1.54, 1.807) is 11.3 Å². The maximum absolute atomic E-state index is 5.94. The van der Waals surface area contributed by atoms with Crippen LogP contribution in [0.2, 0.25) is 0 Å². The molecule has 1 heterocycles. The molecule has 3 nitrogen and oxygen atoms in total. The highest BCUT2D eigenvalue weighted by atomic mass is 32.1. The van der Waals surface area contributed by atoms with Crippen LogP contribution in [-0.2, 0) is 6.54 Å². The van der Waals surface area contributed by atoms with Crippen LogP contribution in [0, 0.1) is 5.92 Å². The fourth-order valence-electron chi connectivity index (χ4n) is 2.51. The van der Waals surface area contributed by atoms with Crippen molar-refractivity contribution in [1.29, 1.82) is 0 Å². The van der Waals surface area contributed by atoms with Gasteiger partial charge in [0.15, 0.2) is 5.13 Å². The first kappa shape index (κ1) is 14.5. The van der Waals surface area contributed by atoms with Crippen molar-refractivity contribution in [2.45, 2.75) is 39.3 Å². The normalized spacial score (nSPS) is 14.7. The third kappa shape index (κ3) is 3.27. The lowest BCUT2D eigenvalue weighted by Crippen LogP contribution is -2.32. The number of anilines is 1. The van der Waals surface area contributed by atoms with Gasteiger partial charge in [0.05, 0.1) is 5.69 Å². The van der Waals surface area contributed by atoms with Crippen molar-refractivity contribution < 1.29 is 0 Å². The van der Waals surface area contributed by atoms with Crippen LogP contribution in [0.5, 0.6) is 0 Å². The third-order valence-corrected chi connectivity index (χ3v) is 5.05. The Labute approximate surface area is 130 Å². The summed E-state index contributed by atoms with van der Waals surface area (Å²) in [4.78, 5) is 8.53. The molecule has 2 N–H and O–H groups in total. The number of hydrogen-bond donors (Lipinski definition) is 1. The molecular formula is C17H23N3S. The van der Waals surface area contributed by atoms with Crippen LogP contribution in [0.15, 0.2) is 30.3 Å². The lowest BCUT2D eigenvalue weighted by molar-refractivity contribution is 0.643. The van der Waals surface area contributed by atoms with E-state index in [9.17, 15) is 0 Å². The number of thiazole rings is 1. The second kappa shape index (κ2) is 6.16. The molecule has 0 radical (unpaired) electrons. The number of nitrogens with two attached hydrogens (primary N) is 1. The van der Waals surface area contributed by atoms with Crippen LogP contribution in [0.3, 0.4) is 0 Å². The van der Waals surface area contributed by atoms with Gasteiger partial charge in [0.25, 0.3) is 0 Å². The summed E-state index contributed by atoms with van der Waals surface area (Å²) in [7, 11) is 0. The zero-order valence-corrected chi connectivity index (χ0v) is 13.6.